The molecule has 0 radical (unpaired) electrons. The van der Waals surface area contributed by atoms with E-state index in [1.807, 2.05) is 20.9 Å². The molecule has 0 amide bonds. The molecule has 0 aromatic carbocycles. The molecule has 0 atom stereocenters. The zero-order chi connectivity index (χ0) is 15.3. The van der Waals surface area contributed by atoms with E-state index in [2.05, 4.69) is 15.2 Å². The Bertz CT molecular complexity index is 877. The van der Waals surface area contributed by atoms with Crippen LogP contribution in [0.2, 0.25) is 0 Å². The first-order chi connectivity index (χ1) is 9.90. The van der Waals surface area contributed by atoms with Crippen LogP contribution in [0.3, 0.4) is 0 Å². The first-order valence-electron chi connectivity index (χ1n) is 6.29. The molecule has 21 heavy (non-hydrogen) atoms. The molecule has 3 heterocycles. The molecule has 3 aromatic heterocycles. The molecule has 0 saturated heterocycles. The van der Waals surface area contributed by atoms with Gasteiger partial charge in [-0.15, -0.1) is 5.10 Å². The van der Waals surface area contributed by atoms with Gasteiger partial charge >= 0.3 is 5.97 Å². The molecule has 0 aliphatic carbocycles. The number of carboxylic acids is 1. The number of nitrogens with zero attached hydrogens (tertiary/aromatic N) is 5. The van der Waals surface area contributed by atoms with E-state index in [4.69, 9.17) is 5.73 Å². The van der Waals surface area contributed by atoms with Gasteiger partial charge in [-0.25, -0.2) is 9.31 Å². The predicted molar refractivity (Wildman–Crippen MR) is 76.0 cm³/mol. The van der Waals surface area contributed by atoms with E-state index in [0.29, 0.717) is 5.65 Å². The molecule has 0 fully saturated rings. The molecular formula is C13H14N6O2. The van der Waals surface area contributed by atoms with Crippen LogP contribution in [0, 0.1) is 13.8 Å². The molecule has 3 rings (SSSR count). The van der Waals surface area contributed by atoms with E-state index in [0.717, 1.165) is 22.5 Å². The van der Waals surface area contributed by atoms with E-state index in [1.54, 1.807) is 10.7 Å². The summed E-state index contributed by atoms with van der Waals surface area (Å²) < 4.78 is 3.02. The van der Waals surface area contributed by atoms with Crippen LogP contribution in [0.1, 0.15) is 21.9 Å². The Balaban J connectivity index is 2.39. The van der Waals surface area contributed by atoms with Crippen molar-refractivity contribution in [2.45, 2.75) is 13.8 Å². The van der Waals surface area contributed by atoms with Crippen LogP contribution in [0.25, 0.3) is 16.8 Å². The number of aromatic nitrogens is 5. The van der Waals surface area contributed by atoms with Crippen LogP contribution in [0.15, 0.2) is 12.1 Å². The molecule has 0 aliphatic heterocycles. The van der Waals surface area contributed by atoms with Crippen molar-refractivity contribution in [3.63, 3.8) is 0 Å². The van der Waals surface area contributed by atoms with Crippen molar-refractivity contribution >= 4 is 17.6 Å². The third-order valence-corrected chi connectivity index (χ3v) is 3.50. The number of anilines is 1. The normalized spacial score (nSPS) is 11.2. The van der Waals surface area contributed by atoms with Crippen molar-refractivity contribution in [3.8, 4) is 11.1 Å². The summed E-state index contributed by atoms with van der Waals surface area (Å²) in [6, 6.07) is 3.20. The third-order valence-electron chi connectivity index (χ3n) is 3.50. The van der Waals surface area contributed by atoms with Gasteiger partial charge in [0.15, 0.2) is 11.3 Å². The van der Waals surface area contributed by atoms with Gasteiger partial charge in [-0.2, -0.15) is 10.1 Å². The van der Waals surface area contributed by atoms with Crippen molar-refractivity contribution in [2.24, 2.45) is 7.05 Å². The topological polar surface area (TPSA) is 111 Å². The van der Waals surface area contributed by atoms with Gasteiger partial charge < -0.3 is 10.8 Å². The van der Waals surface area contributed by atoms with E-state index < -0.39 is 5.97 Å². The maximum atomic E-state index is 11.3. The molecule has 0 unspecified atom stereocenters. The lowest BCUT2D eigenvalue weighted by atomic mass is 10.0. The summed E-state index contributed by atoms with van der Waals surface area (Å²) in [5.41, 5.74) is 9.51. The van der Waals surface area contributed by atoms with Crippen LogP contribution in [-0.4, -0.2) is 35.5 Å². The van der Waals surface area contributed by atoms with Crippen molar-refractivity contribution in [2.75, 3.05) is 5.73 Å². The van der Waals surface area contributed by atoms with Crippen molar-refractivity contribution in [1.82, 2.24) is 24.4 Å². The van der Waals surface area contributed by atoms with E-state index >= 15 is 0 Å². The Morgan fingerprint density at radius 1 is 1.29 bits per heavy atom. The number of carboxylic acid groups (broad SMARTS) is 1. The zero-order valence-electron chi connectivity index (χ0n) is 11.8. The summed E-state index contributed by atoms with van der Waals surface area (Å²) in [4.78, 5) is 15.4. The van der Waals surface area contributed by atoms with Gasteiger partial charge in [0.1, 0.15) is 0 Å². The van der Waals surface area contributed by atoms with Crippen molar-refractivity contribution in [1.29, 1.82) is 0 Å². The van der Waals surface area contributed by atoms with Gasteiger partial charge in [-0.05, 0) is 26.0 Å². The number of carbonyl (C=O) groups is 1. The van der Waals surface area contributed by atoms with Gasteiger partial charge in [0.25, 0.3) is 0 Å². The minimum Gasteiger partial charge on any atom is -0.477 e. The van der Waals surface area contributed by atoms with Crippen LogP contribution < -0.4 is 5.73 Å². The average molecular weight is 286 g/mol. The molecule has 8 nitrogen and oxygen atoms in total. The molecule has 3 aromatic rings. The second-order valence-corrected chi connectivity index (χ2v) is 4.81. The molecule has 3 N–H and O–H groups in total. The fourth-order valence-electron chi connectivity index (χ4n) is 2.50. The highest BCUT2D eigenvalue weighted by atomic mass is 16.4. The van der Waals surface area contributed by atoms with Gasteiger partial charge in [0.2, 0.25) is 5.95 Å². The summed E-state index contributed by atoms with van der Waals surface area (Å²) in [5.74, 6) is -1.06. The standard InChI is InChI=1S/C13H14N6O2/c1-6-10(7(2)18(3)16-6)8-4-5-9(12(20)21)19-11(8)15-13(14)17-19/h4-5H,1-3H3,(H2,14,17)(H,20,21). The summed E-state index contributed by atoms with van der Waals surface area (Å²) >= 11 is 0. The van der Waals surface area contributed by atoms with Gasteiger partial charge in [-0.3, -0.25) is 4.68 Å². The summed E-state index contributed by atoms with van der Waals surface area (Å²) in [5, 5.41) is 17.6. The summed E-state index contributed by atoms with van der Waals surface area (Å²) in [7, 11) is 1.85. The minimum absolute atomic E-state index is 0.0112. The highest BCUT2D eigenvalue weighted by Gasteiger charge is 2.20. The quantitative estimate of drug-likeness (QED) is 0.727. The van der Waals surface area contributed by atoms with Crippen LogP contribution in [0.5, 0.6) is 0 Å². The number of hydrogen-bond donors (Lipinski definition) is 2. The Morgan fingerprint density at radius 3 is 2.57 bits per heavy atom. The Kier molecular flexibility index (Phi) is 2.68. The first kappa shape index (κ1) is 13.1. The number of pyridine rings is 1. The highest BCUT2D eigenvalue weighted by molar-refractivity contribution is 5.90. The number of fused-ring (bicyclic) bond motifs is 1. The SMILES string of the molecule is Cc1nn(C)c(C)c1-c1ccc(C(=O)O)n2nc(N)nc12. The smallest absolute Gasteiger partial charge is 0.354 e. The molecule has 8 heteroatoms. The Morgan fingerprint density at radius 2 is 2.00 bits per heavy atom. The lowest BCUT2D eigenvalue weighted by Gasteiger charge is -2.06. The van der Waals surface area contributed by atoms with Crippen molar-refractivity contribution in [3.05, 3.63) is 29.2 Å². The lowest BCUT2D eigenvalue weighted by Crippen LogP contribution is -2.07. The molecule has 0 saturated carbocycles. The summed E-state index contributed by atoms with van der Waals surface area (Å²) in [6.07, 6.45) is 0. The lowest BCUT2D eigenvalue weighted by molar-refractivity contribution is 0.0687. The number of nitrogens with two attached hydrogens (primary N) is 1. The number of nitrogen functional groups attached to an aromatic ring is 1. The van der Waals surface area contributed by atoms with E-state index in [1.165, 1.54) is 10.6 Å². The maximum absolute atomic E-state index is 11.3. The minimum atomic E-state index is -1.09. The largest absolute Gasteiger partial charge is 0.477 e. The number of rotatable bonds is 2. The fourth-order valence-corrected chi connectivity index (χ4v) is 2.50. The molecule has 0 spiro atoms. The van der Waals surface area contributed by atoms with Crippen LogP contribution in [0.4, 0.5) is 5.95 Å². The Hall–Kier alpha value is -2.90. The van der Waals surface area contributed by atoms with Gasteiger partial charge in [0, 0.05) is 23.9 Å². The molecule has 108 valence electrons. The molecule has 0 aliphatic rings. The van der Waals surface area contributed by atoms with Crippen LogP contribution >= 0.6 is 0 Å². The number of aryl methyl sites for hydroxylation is 2. The molecule has 0 bridgehead atoms. The predicted octanol–water partition coefficient (Wildman–Crippen LogP) is 1.03. The monoisotopic (exact) mass is 286 g/mol. The Labute approximate surface area is 119 Å². The van der Waals surface area contributed by atoms with Gasteiger partial charge in [-0.1, -0.05) is 0 Å². The maximum Gasteiger partial charge on any atom is 0.354 e. The second-order valence-electron chi connectivity index (χ2n) is 4.81. The zero-order valence-corrected chi connectivity index (χ0v) is 11.8. The van der Waals surface area contributed by atoms with Gasteiger partial charge in [0.05, 0.1) is 5.69 Å². The highest BCUT2D eigenvalue weighted by Crippen LogP contribution is 2.30. The number of aromatic carboxylic acids is 1. The van der Waals surface area contributed by atoms with E-state index in [9.17, 15) is 9.90 Å². The molecular weight excluding hydrogens is 272 g/mol. The third kappa shape index (κ3) is 1.83. The first-order valence-corrected chi connectivity index (χ1v) is 6.29. The average Bonchev–Trinajstić information content (AvgIpc) is 2.89. The second kappa shape index (κ2) is 4.30. The number of hydrogen-bond acceptors (Lipinski definition) is 5. The summed E-state index contributed by atoms with van der Waals surface area (Å²) in [6.45, 7) is 3.83. The van der Waals surface area contributed by atoms with Crippen molar-refractivity contribution < 1.29 is 9.90 Å². The van der Waals surface area contributed by atoms with E-state index in [-0.39, 0.29) is 11.6 Å². The fraction of sp³-hybridized carbons (Fsp3) is 0.231. The van der Waals surface area contributed by atoms with Crippen LogP contribution in [-0.2, 0) is 7.05 Å².